The van der Waals surface area contributed by atoms with Crippen molar-refractivity contribution in [1.82, 2.24) is 4.90 Å². The standard InChI is InChI=1S/C15H19NO4/c1-19-12-8-11(9-13(10-12)20-2)6-7-16-14(17)4-3-5-15(16)18/h8-10H,3-7H2,1-2H3. The molecule has 0 saturated carbocycles. The summed E-state index contributed by atoms with van der Waals surface area (Å²) in [4.78, 5) is 24.8. The van der Waals surface area contributed by atoms with Gasteiger partial charge in [0.1, 0.15) is 11.5 Å². The Labute approximate surface area is 118 Å². The summed E-state index contributed by atoms with van der Waals surface area (Å²) in [5.74, 6) is 1.26. The molecular formula is C15H19NO4. The van der Waals surface area contributed by atoms with E-state index in [0.717, 1.165) is 5.56 Å². The number of amides is 2. The Morgan fingerprint density at radius 1 is 1.00 bits per heavy atom. The van der Waals surface area contributed by atoms with Gasteiger partial charge in [-0.05, 0) is 30.5 Å². The Bertz CT molecular complexity index is 474. The van der Waals surface area contributed by atoms with Gasteiger partial charge in [-0.25, -0.2) is 0 Å². The molecule has 1 saturated heterocycles. The summed E-state index contributed by atoms with van der Waals surface area (Å²) in [6.07, 6.45) is 2.20. The van der Waals surface area contributed by atoms with Crippen LogP contribution in [0.4, 0.5) is 0 Å². The summed E-state index contributed by atoms with van der Waals surface area (Å²) in [5, 5.41) is 0. The van der Waals surface area contributed by atoms with Gasteiger partial charge in [0.15, 0.2) is 0 Å². The number of rotatable bonds is 5. The van der Waals surface area contributed by atoms with E-state index in [1.807, 2.05) is 12.1 Å². The molecule has 5 heteroatoms. The lowest BCUT2D eigenvalue weighted by molar-refractivity contribution is -0.147. The van der Waals surface area contributed by atoms with E-state index in [1.165, 1.54) is 4.90 Å². The van der Waals surface area contributed by atoms with Crippen molar-refractivity contribution in [3.05, 3.63) is 23.8 Å². The number of ether oxygens (including phenoxy) is 2. The maximum Gasteiger partial charge on any atom is 0.229 e. The molecule has 0 unspecified atom stereocenters. The zero-order valence-corrected chi connectivity index (χ0v) is 11.8. The fraction of sp³-hybridized carbons (Fsp3) is 0.467. The molecule has 1 heterocycles. The molecule has 0 atom stereocenters. The average Bonchev–Trinajstić information content (AvgIpc) is 2.46. The van der Waals surface area contributed by atoms with E-state index in [0.29, 0.717) is 43.7 Å². The van der Waals surface area contributed by atoms with Crippen LogP contribution in [0.5, 0.6) is 11.5 Å². The number of likely N-dealkylation sites (tertiary alicyclic amines) is 1. The molecule has 1 aromatic carbocycles. The normalized spacial score (nSPS) is 15.4. The highest BCUT2D eigenvalue weighted by molar-refractivity contribution is 5.97. The lowest BCUT2D eigenvalue weighted by Crippen LogP contribution is -2.41. The average molecular weight is 277 g/mol. The van der Waals surface area contributed by atoms with Crippen LogP contribution in [0, 0.1) is 0 Å². The number of benzene rings is 1. The fourth-order valence-electron chi connectivity index (χ4n) is 2.30. The van der Waals surface area contributed by atoms with Gasteiger partial charge in [0.25, 0.3) is 0 Å². The largest absolute Gasteiger partial charge is 0.497 e. The second-order valence-corrected chi connectivity index (χ2v) is 4.76. The number of methoxy groups -OCH3 is 2. The van der Waals surface area contributed by atoms with Crippen LogP contribution in [0.2, 0.25) is 0 Å². The van der Waals surface area contributed by atoms with E-state index in [-0.39, 0.29) is 11.8 Å². The third kappa shape index (κ3) is 3.29. The van der Waals surface area contributed by atoms with E-state index in [1.54, 1.807) is 20.3 Å². The quantitative estimate of drug-likeness (QED) is 0.770. The number of nitrogens with zero attached hydrogens (tertiary/aromatic N) is 1. The third-order valence-electron chi connectivity index (χ3n) is 3.42. The second kappa shape index (κ2) is 6.41. The first kappa shape index (κ1) is 14.4. The number of carbonyl (C=O) groups excluding carboxylic acids is 2. The van der Waals surface area contributed by atoms with Gasteiger partial charge in [0.2, 0.25) is 11.8 Å². The highest BCUT2D eigenvalue weighted by Gasteiger charge is 2.25. The Morgan fingerprint density at radius 2 is 1.55 bits per heavy atom. The van der Waals surface area contributed by atoms with Gasteiger partial charge in [0, 0.05) is 25.5 Å². The van der Waals surface area contributed by atoms with Crippen molar-refractivity contribution >= 4 is 11.8 Å². The van der Waals surface area contributed by atoms with Crippen molar-refractivity contribution in [3.63, 3.8) is 0 Å². The molecule has 0 aliphatic carbocycles. The first-order valence-electron chi connectivity index (χ1n) is 6.69. The number of imide groups is 1. The van der Waals surface area contributed by atoms with Crippen molar-refractivity contribution < 1.29 is 19.1 Å². The molecule has 0 radical (unpaired) electrons. The predicted molar refractivity (Wildman–Crippen MR) is 73.8 cm³/mol. The summed E-state index contributed by atoms with van der Waals surface area (Å²) in [6, 6.07) is 5.57. The summed E-state index contributed by atoms with van der Waals surface area (Å²) < 4.78 is 10.4. The van der Waals surface area contributed by atoms with Crippen LogP contribution >= 0.6 is 0 Å². The molecule has 5 nitrogen and oxygen atoms in total. The maximum atomic E-state index is 11.7. The first-order chi connectivity index (χ1) is 9.63. The highest BCUT2D eigenvalue weighted by atomic mass is 16.5. The first-order valence-corrected chi connectivity index (χ1v) is 6.69. The van der Waals surface area contributed by atoms with E-state index in [4.69, 9.17) is 9.47 Å². The van der Waals surface area contributed by atoms with Crippen LogP contribution in [0.3, 0.4) is 0 Å². The van der Waals surface area contributed by atoms with E-state index >= 15 is 0 Å². The third-order valence-corrected chi connectivity index (χ3v) is 3.42. The van der Waals surface area contributed by atoms with Gasteiger partial charge < -0.3 is 9.47 Å². The zero-order valence-electron chi connectivity index (χ0n) is 11.8. The minimum Gasteiger partial charge on any atom is -0.497 e. The molecule has 0 N–H and O–H groups in total. The number of piperidine rings is 1. The Balaban J connectivity index is 2.06. The summed E-state index contributed by atoms with van der Waals surface area (Å²) in [7, 11) is 3.19. The Hall–Kier alpha value is -2.04. The van der Waals surface area contributed by atoms with Gasteiger partial charge in [-0.2, -0.15) is 0 Å². The van der Waals surface area contributed by atoms with Gasteiger partial charge in [0.05, 0.1) is 14.2 Å². The second-order valence-electron chi connectivity index (χ2n) is 4.76. The van der Waals surface area contributed by atoms with Crippen molar-refractivity contribution in [2.45, 2.75) is 25.7 Å². The summed E-state index contributed by atoms with van der Waals surface area (Å²) in [6.45, 7) is 0.411. The zero-order chi connectivity index (χ0) is 14.5. The number of hydrogen-bond donors (Lipinski definition) is 0. The number of carbonyl (C=O) groups is 2. The van der Waals surface area contributed by atoms with Crippen LogP contribution in [0.15, 0.2) is 18.2 Å². The molecule has 1 aliphatic rings. The van der Waals surface area contributed by atoms with Gasteiger partial charge in [-0.1, -0.05) is 0 Å². The Morgan fingerprint density at radius 3 is 2.05 bits per heavy atom. The smallest absolute Gasteiger partial charge is 0.229 e. The Kier molecular flexibility index (Phi) is 4.61. The van der Waals surface area contributed by atoms with Gasteiger partial charge >= 0.3 is 0 Å². The lowest BCUT2D eigenvalue weighted by atomic mass is 10.1. The van der Waals surface area contributed by atoms with Crippen LogP contribution in [-0.2, 0) is 16.0 Å². The molecule has 108 valence electrons. The molecule has 0 spiro atoms. The lowest BCUT2D eigenvalue weighted by Gasteiger charge is -2.24. The highest BCUT2D eigenvalue weighted by Crippen LogP contribution is 2.23. The predicted octanol–water partition coefficient (Wildman–Crippen LogP) is 1.79. The molecule has 1 fully saturated rings. The molecular weight excluding hydrogens is 258 g/mol. The van der Waals surface area contributed by atoms with Crippen molar-refractivity contribution in [3.8, 4) is 11.5 Å². The molecule has 0 bridgehead atoms. The monoisotopic (exact) mass is 277 g/mol. The fourth-order valence-corrected chi connectivity index (χ4v) is 2.30. The minimum absolute atomic E-state index is 0.0730. The molecule has 1 aromatic rings. The van der Waals surface area contributed by atoms with E-state index < -0.39 is 0 Å². The number of hydrogen-bond acceptors (Lipinski definition) is 4. The van der Waals surface area contributed by atoms with Crippen LogP contribution in [0.1, 0.15) is 24.8 Å². The van der Waals surface area contributed by atoms with Crippen LogP contribution in [0.25, 0.3) is 0 Å². The van der Waals surface area contributed by atoms with E-state index in [2.05, 4.69) is 0 Å². The molecule has 20 heavy (non-hydrogen) atoms. The summed E-state index contributed by atoms with van der Waals surface area (Å²) in [5.41, 5.74) is 0.979. The van der Waals surface area contributed by atoms with Crippen molar-refractivity contribution in [1.29, 1.82) is 0 Å². The molecule has 2 rings (SSSR count). The van der Waals surface area contributed by atoms with Gasteiger partial charge in [-0.15, -0.1) is 0 Å². The van der Waals surface area contributed by atoms with E-state index in [9.17, 15) is 9.59 Å². The van der Waals surface area contributed by atoms with Gasteiger partial charge in [-0.3, -0.25) is 14.5 Å². The van der Waals surface area contributed by atoms with Crippen molar-refractivity contribution in [2.24, 2.45) is 0 Å². The van der Waals surface area contributed by atoms with Crippen LogP contribution < -0.4 is 9.47 Å². The minimum atomic E-state index is -0.0730. The molecule has 0 aromatic heterocycles. The topological polar surface area (TPSA) is 55.8 Å². The summed E-state index contributed by atoms with van der Waals surface area (Å²) >= 11 is 0. The molecule has 1 aliphatic heterocycles. The van der Waals surface area contributed by atoms with Crippen molar-refractivity contribution in [2.75, 3.05) is 20.8 Å². The SMILES string of the molecule is COc1cc(CCN2C(=O)CCCC2=O)cc(OC)c1. The maximum absolute atomic E-state index is 11.7. The molecule has 2 amide bonds. The van der Waals surface area contributed by atoms with Crippen LogP contribution in [-0.4, -0.2) is 37.5 Å².